The lowest BCUT2D eigenvalue weighted by Gasteiger charge is -2.27. The van der Waals surface area contributed by atoms with Gasteiger partial charge in [0, 0.05) is 18.0 Å². The van der Waals surface area contributed by atoms with Crippen LogP contribution in [0.3, 0.4) is 0 Å². The molecule has 2 aromatic carbocycles. The lowest BCUT2D eigenvalue weighted by Crippen LogP contribution is -2.41. The first-order valence-corrected chi connectivity index (χ1v) is 11.3. The summed E-state index contributed by atoms with van der Waals surface area (Å²) in [7, 11) is -3.80. The predicted octanol–water partition coefficient (Wildman–Crippen LogP) is 2.99. The van der Waals surface area contributed by atoms with Crippen LogP contribution < -0.4 is 4.72 Å². The Morgan fingerprint density at radius 2 is 1.85 bits per heavy atom. The van der Waals surface area contributed by atoms with E-state index in [9.17, 15) is 13.2 Å². The van der Waals surface area contributed by atoms with E-state index in [1.165, 1.54) is 23.9 Å². The first-order chi connectivity index (χ1) is 12.9. The van der Waals surface area contributed by atoms with E-state index in [1.807, 2.05) is 25.3 Å². The van der Waals surface area contributed by atoms with E-state index in [0.29, 0.717) is 37.6 Å². The van der Waals surface area contributed by atoms with Crippen LogP contribution in [0, 0.1) is 6.92 Å². The van der Waals surface area contributed by atoms with E-state index >= 15 is 0 Å². The molecule has 8 heteroatoms. The van der Waals surface area contributed by atoms with Crippen molar-refractivity contribution in [3.8, 4) is 0 Å². The molecule has 0 unspecified atom stereocenters. The van der Waals surface area contributed by atoms with Gasteiger partial charge >= 0.3 is 0 Å². The van der Waals surface area contributed by atoms with Gasteiger partial charge in [-0.05, 0) is 43.0 Å². The molecule has 0 aliphatic carbocycles. The number of ether oxygens (including phenoxy) is 1. The number of aryl methyl sites for hydroxylation is 1. The fourth-order valence-corrected chi connectivity index (χ4v) is 4.58. The fourth-order valence-electron chi connectivity index (χ4n) is 2.85. The summed E-state index contributed by atoms with van der Waals surface area (Å²) in [5.74, 6) is -0.171. The van der Waals surface area contributed by atoms with Crippen molar-refractivity contribution in [2.75, 3.05) is 37.3 Å². The highest BCUT2D eigenvalue weighted by molar-refractivity contribution is 7.98. The second-order valence-electron chi connectivity index (χ2n) is 6.19. The van der Waals surface area contributed by atoms with Gasteiger partial charge in [0.1, 0.15) is 0 Å². The maximum atomic E-state index is 12.9. The summed E-state index contributed by atoms with van der Waals surface area (Å²) in [6, 6.07) is 11.8. The number of thioether (sulfide) groups is 1. The van der Waals surface area contributed by atoms with Crippen molar-refractivity contribution in [1.82, 2.24) is 4.90 Å². The first-order valence-electron chi connectivity index (χ1n) is 8.56. The molecule has 0 atom stereocenters. The molecular formula is C19H22N2O4S2. The number of anilines is 1. The second-order valence-corrected chi connectivity index (χ2v) is 8.72. The number of hydrogen-bond acceptors (Lipinski definition) is 5. The Labute approximate surface area is 164 Å². The van der Waals surface area contributed by atoms with Gasteiger partial charge in [0.05, 0.1) is 29.4 Å². The van der Waals surface area contributed by atoms with Gasteiger partial charge in [-0.2, -0.15) is 0 Å². The van der Waals surface area contributed by atoms with E-state index in [0.717, 1.165) is 10.5 Å². The highest BCUT2D eigenvalue weighted by Gasteiger charge is 2.24. The number of rotatable bonds is 5. The molecule has 0 saturated carbocycles. The van der Waals surface area contributed by atoms with Crippen molar-refractivity contribution in [3.63, 3.8) is 0 Å². The molecule has 2 aromatic rings. The molecule has 0 aromatic heterocycles. The molecule has 1 saturated heterocycles. The van der Waals surface area contributed by atoms with Crippen LogP contribution in [0.1, 0.15) is 15.9 Å². The summed E-state index contributed by atoms with van der Waals surface area (Å²) in [6.45, 7) is 3.83. The molecule has 0 radical (unpaired) electrons. The molecule has 1 aliphatic rings. The predicted molar refractivity (Wildman–Crippen MR) is 107 cm³/mol. The maximum absolute atomic E-state index is 12.9. The van der Waals surface area contributed by atoms with Crippen molar-refractivity contribution in [3.05, 3.63) is 53.6 Å². The number of carbonyl (C=O) groups excluding carboxylic acids is 1. The zero-order chi connectivity index (χ0) is 19.4. The first kappa shape index (κ1) is 19.7. The average Bonchev–Trinajstić information content (AvgIpc) is 2.69. The van der Waals surface area contributed by atoms with Gasteiger partial charge < -0.3 is 9.64 Å². The summed E-state index contributed by atoms with van der Waals surface area (Å²) in [4.78, 5) is 15.4. The number of benzene rings is 2. The Morgan fingerprint density at radius 1 is 1.15 bits per heavy atom. The SMILES string of the molecule is CSc1ccc(S(=O)(=O)Nc2ccccc2C)cc1C(=O)N1CCOCC1. The Morgan fingerprint density at radius 3 is 2.52 bits per heavy atom. The number of carbonyl (C=O) groups is 1. The van der Waals surface area contributed by atoms with E-state index in [4.69, 9.17) is 4.74 Å². The zero-order valence-corrected chi connectivity index (χ0v) is 16.9. The normalized spacial score (nSPS) is 14.8. The molecule has 1 N–H and O–H groups in total. The molecule has 0 bridgehead atoms. The van der Waals surface area contributed by atoms with Crippen molar-refractivity contribution in [2.24, 2.45) is 0 Å². The van der Waals surface area contributed by atoms with Crippen molar-refractivity contribution in [2.45, 2.75) is 16.7 Å². The number of hydrogen-bond donors (Lipinski definition) is 1. The largest absolute Gasteiger partial charge is 0.378 e. The highest BCUT2D eigenvalue weighted by Crippen LogP contribution is 2.27. The summed E-state index contributed by atoms with van der Waals surface area (Å²) >= 11 is 1.42. The third-order valence-corrected chi connectivity index (χ3v) is 6.56. The topological polar surface area (TPSA) is 75.7 Å². The smallest absolute Gasteiger partial charge is 0.261 e. The minimum atomic E-state index is -3.80. The maximum Gasteiger partial charge on any atom is 0.261 e. The van der Waals surface area contributed by atoms with Crippen LogP contribution in [0.2, 0.25) is 0 Å². The number of nitrogens with zero attached hydrogens (tertiary/aromatic N) is 1. The summed E-state index contributed by atoms with van der Waals surface area (Å²) in [5, 5.41) is 0. The van der Waals surface area contributed by atoms with Crippen molar-refractivity contribution >= 4 is 33.4 Å². The van der Waals surface area contributed by atoms with E-state index in [-0.39, 0.29) is 10.8 Å². The van der Waals surface area contributed by atoms with Crippen LogP contribution in [-0.4, -0.2) is 51.8 Å². The van der Waals surface area contributed by atoms with Crippen LogP contribution in [0.4, 0.5) is 5.69 Å². The molecule has 0 spiro atoms. The summed E-state index contributed by atoms with van der Waals surface area (Å²) in [5.41, 5.74) is 1.75. The quantitative estimate of drug-likeness (QED) is 0.773. The van der Waals surface area contributed by atoms with Crippen LogP contribution in [0.5, 0.6) is 0 Å². The molecular weight excluding hydrogens is 384 g/mol. The third kappa shape index (κ3) is 4.45. The van der Waals surface area contributed by atoms with Crippen LogP contribution >= 0.6 is 11.8 Å². The lowest BCUT2D eigenvalue weighted by atomic mass is 10.2. The number of para-hydroxylation sites is 1. The Balaban J connectivity index is 1.94. The monoisotopic (exact) mass is 406 g/mol. The van der Waals surface area contributed by atoms with E-state index in [2.05, 4.69) is 4.72 Å². The number of nitrogens with one attached hydrogen (secondary N) is 1. The van der Waals surface area contributed by atoms with Crippen LogP contribution in [0.25, 0.3) is 0 Å². The van der Waals surface area contributed by atoms with Gasteiger partial charge in [-0.25, -0.2) is 8.42 Å². The summed E-state index contributed by atoms with van der Waals surface area (Å²) in [6.07, 6.45) is 1.87. The molecule has 1 amide bonds. The van der Waals surface area contributed by atoms with Gasteiger partial charge in [0.15, 0.2) is 0 Å². The Hall–Kier alpha value is -2.03. The number of amides is 1. The van der Waals surface area contributed by atoms with Gasteiger partial charge in [0.25, 0.3) is 15.9 Å². The Bertz CT molecular complexity index is 938. The molecule has 1 aliphatic heterocycles. The molecule has 3 rings (SSSR count). The van der Waals surface area contributed by atoms with Crippen molar-refractivity contribution in [1.29, 1.82) is 0 Å². The molecule has 27 heavy (non-hydrogen) atoms. The lowest BCUT2D eigenvalue weighted by molar-refractivity contribution is 0.0300. The van der Waals surface area contributed by atoms with Gasteiger partial charge in [0.2, 0.25) is 0 Å². The minimum absolute atomic E-state index is 0.0696. The Kier molecular flexibility index (Phi) is 6.08. The standard InChI is InChI=1S/C19H22N2O4S2/c1-14-5-3-4-6-17(14)20-27(23,24)15-7-8-18(26-2)16(13-15)19(22)21-9-11-25-12-10-21/h3-8,13,20H,9-12H2,1-2H3. The van der Waals surface area contributed by atoms with Gasteiger partial charge in [-0.1, -0.05) is 18.2 Å². The van der Waals surface area contributed by atoms with Crippen molar-refractivity contribution < 1.29 is 17.9 Å². The third-order valence-electron chi connectivity index (χ3n) is 4.40. The summed E-state index contributed by atoms with van der Waals surface area (Å²) < 4.78 is 33.6. The van der Waals surface area contributed by atoms with Gasteiger partial charge in [-0.15, -0.1) is 11.8 Å². The van der Waals surface area contributed by atoms with Gasteiger partial charge in [-0.3, -0.25) is 9.52 Å². The van der Waals surface area contributed by atoms with Crippen LogP contribution in [-0.2, 0) is 14.8 Å². The van der Waals surface area contributed by atoms with E-state index < -0.39 is 10.0 Å². The molecule has 144 valence electrons. The average molecular weight is 407 g/mol. The van der Waals surface area contributed by atoms with Crippen LogP contribution in [0.15, 0.2) is 52.3 Å². The number of morpholine rings is 1. The fraction of sp³-hybridized carbons (Fsp3) is 0.316. The molecule has 6 nitrogen and oxygen atoms in total. The molecule has 1 heterocycles. The second kappa shape index (κ2) is 8.33. The number of sulfonamides is 1. The van der Waals surface area contributed by atoms with E-state index in [1.54, 1.807) is 23.1 Å². The highest BCUT2D eigenvalue weighted by atomic mass is 32.2. The molecule has 1 fully saturated rings. The minimum Gasteiger partial charge on any atom is -0.378 e. The zero-order valence-electron chi connectivity index (χ0n) is 15.3.